The highest BCUT2D eigenvalue weighted by Crippen LogP contribution is 2.37. The van der Waals surface area contributed by atoms with Crippen molar-refractivity contribution in [3.05, 3.63) is 32.6 Å². The van der Waals surface area contributed by atoms with E-state index in [1.54, 1.807) is 4.90 Å². The predicted molar refractivity (Wildman–Crippen MR) is 219 cm³/mol. The summed E-state index contributed by atoms with van der Waals surface area (Å²) in [6.45, 7) is 1.14. The Labute approximate surface area is 368 Å². The fraction of sp³-hybridized carbons (Fsp3) is 0.805. The van der Waals surface area contributed by atoms with Crippen LogP contribution in [0.15, 0.2) is 15.7 Å². The van der Waals surface area contributed by atoms with Gasteiger partial charge in [-0.2, -0.15) is 0 Å². The van der Waals surface area contributed by atoms with Gasteiger partial charge in [0.15, 0.2) is 12.6 Å². The van der Waals surface area contributed by atoms with Gasteiger partial charge in [-0.15, -0.1) is 0 Å². The average molecular weight is 913 g/mol. The van der Waals surface area contributed by atoms with E-state index < -0.39 is 139 Å². The molecule has 4 heterocycles. The largest absolute Gasteiger partial charge is 0.469 e. The number of nitrogens with two attached hydrogens (primary N) is 1. The van der Waals surface area contributed by atoms with Gasteiger partial charge in [0.1, 0.15) is 60.6 Å². The van der Waals surface area contributed by atoms with Crippen LogP contribution in [0.5, 0.6) is 0 Å². The summed E-state index contributed by atoms with van der Waals surface area (Å²) in [7, 11) is 1.14. The Balaban J connectivity index is 1.38. The molecule has 0 bridgehead atoms. The second kappa shape index (κ2) is 22.5. The standard InChI is InChI=1S/C41H64N6O17/c1-19-30(51)32(53)33(54)40(60-19)64-34-22(43-36(55)23-16-27(49)46-41(58)44-23)14-21(38(57)59-2)15-24(34)62-39-29(45-28(50)17-42)35(31(52)26(18-48)63-39)61-25(13-20-9-5-3-6-10-20)37(56)47-11-7-4-8-12-47/h16,19-22,24-26,29-35,39-40,48,51-54H,3-15,17-18,42H2,1-2H3,(H,43,55)(H,45,50)(H2,44,46,49,58)/t19?,21?,22?,24-,25+,26+,29?,30-,31+,32+,33?,34-,35?,39-,40+/m1/s1. The average Bonchev–Trinajstić information content (AvgIpc) is 3.29. The molecule has 2 saturated carbocycles. The molecule has 6 unspecified atom stereocenters. The molecule has 1 aromatic heterocycles. The van der Waals surface area contributed by atoms with Crippen molar-refractivity contribution >= 4 is 23.7 Å². The molecule has 0 aromatic carbocycles. The van der Waals surface area contributed by atoms with Crippen LogP contribution in [0.25, 0.3) is 0 Å². The number of hydrogen-bond acceptors (Lipinski definition) is 18. The number of aromatic nitrogens is 2. The summed E-state index contributed by atoms with van der Waals surface area (Å²) >= 11 is 0. The van der Waals surface area contributed by atoms with Gasteiger partial charge < -0.3 is 80.2 Å². The molecule has 3 aliphatic heterocycles. The molecule has 11 N–H and O–H groups in total. The summed E-state index contributed by atoms with van der Waals surface area (Å²) in [5.41, 5.74) is 3.42. The monoisotopic (exact) mass is 912 g/mol. The van der Waals surface area contributed by atoms with E-state index in [9.17, 15) is 54.3 Å². The van der Waals surface area contributed by atoms with Gasteiger partial charge in [0, 0.05) is 19.2 Å². The molecule has 5 fully saturated rings. The predicted octanol–water partition coefficient (Wildman–Crippen LogP) is -3.40. The first kappa shape index (κ1) is 49.6. The third-order valence-corrected chi connectivity index (χ3v) is 13.0. The van der Waals surface area contributed by atoms with Crippen molar-refractivity contribution in [1.82, 2.24) is 25.5 Å². The Hall–Kier alpha value is -3.88. The normalized spacial score (nSPS) is 35.5. The van der Waals surface area contributed by atoms with Crippen LogP contribution in [0.2, 0.25) is 0 Å². The Morgan fingerprint density at radius 1 is 0.875 bits per heavy atom. The molecule has 23 nitrogen and oxygen atoms in total. The number of methoxy groups -OCH3 is 1. The van der Waals surface area contributed by atoms with Crippen LogP contribution in [0.1, 0.15) is 88.0 Å². The van der Waals surface area contributed by atoms with Crippen LogP contribution < -0.4 is 27.6 Å². The van der Waals surface area contributed by atoms with Crippen LogP contribution in [0.3, 0.4) is 0 Å². The van der Waals surface area contributed by atoms with Gasteiger partial charge in [-0.3, -0.25) is 29.0 Å². The molecule has 2 aliphatic carbocycles. The Bertz CT molecular complexity index is 1830. The van der Waals surface area contributed by atoms with Gasteiger partial charge in [-0.05, 0) is 51.4 Å². The van der Waals surface area contributed by atoms with Gasteiger partial charge in [-0.25, -0.2) is 4.79 Å². The van der Waals surface area contributed by atoms with Crippen molar-refractivity contribution in [3.8, 4) is 0 Å². The van der Waals surface area contributed by atoms with E-state index in [0.29, 0.717) is 19.5 Å². The van der Waals surface area contributed by atoms with Crippen LogP contribution >= 0.6 is 0 Å². The first-order valence-electron chi connectivity index (χ1n) is 22.2. The van der Waals surface area contributed by atoms with Gasteiger partial charge in [0.05, 0.1) is 44.4 Å². The van der Waals surface area contributed by atoms with Crippen molar-refractivity contribution in [2.45, 2.75) is 163 Å². The van der Waals surface area contributed by atoms with Crippen molar-refractivity contribution < 1.29 is 73.1 Å². The van der Waals surface area contributed by atoms with E-state index in [1.807, 2.05) is 4.98 Å². The maximum Gasteiger partial charge on any atom is 0.326 e. The third kappa shape index (κ3) is 11.9. The molecule has 3 amide bonds. The molecule has 15 atom stereocenters. The zero-order valence-electron chi connectivity index (χ0n) is 36.1. The molecular formula is C41H64N6O17. The SMILES string of the molecule is COC(=O)C1CC(NC(=O)c2cc(=O)[nH]c(=O)[nH]2)[C@@H](O[C@@H]2OC(C)[C@@H](O)[C@H](O)C2O)[C@H](O[C@@H]2O[C@@H](CO)[C@H](O)C(O[C@@H](CC3CCCCC3)C(=O)N3CCCCC3)C2NC(=O)CN)C1. The number of nitrogens with zero attached hydrogens (tertiary/aromatic N) is 1. The first-order chi connectivity index (χ1) is 30.6. The number of aromatic amines is 2. The fourth-order valence-corrected chi connectivity index (χ4v) is 9.51. The first-order valence-corrected chi connectivity index (χ1v) is 22.2. The highest BCUT2D eigenvalue weighted by molar-refractivity contribution is 5.92. The number of aliphatic hydroxyl groups is 5. The molecule has 360 valence electrons. The van der Waals surface area contributed by atoms with Gasteiger partial charge in [0.25, 0.3) is 17.4 Å². The smallest absolute Gasteiger partial charge is 0.326 e. The molecule has 64 heavy (non-hydrogen) atoms. The summed E-state index contributed by atoms with van der Waals surface area (Å²) in [6, 6.07) is -1.92. The maximum atomic E-state index is 14.3. The van der Waals surface area contributed by atoms with Gasteiger partial charge >= 0.3 is 11.7 Å². The number of piperidine rings is 1. The lowest BCUT2D eigenvalue weighted by atomic mass is 9.81. The Kier molecular flexibility index (Phi) is 17.5. The molecule has 1 aromatic rings. The summed E-state index contributed by atoms with van der Waals surface area (Å²) in [4.78, 5) is 84.7. The molecule has 5 aliphatic rings. The molecule has 6 rings (SSSR count). The number of esters is 1. The maximum absolute atomic E-state index is 14.3. The number of hydrogen-bond donors (Lipinski definition) is 10. The fourth-order valence-electron chi connectivity index (χ4n) is 9.51. The summed E-state index contributed by atoms with van der Waals surface area (Å²) in [5, 5.41) is 59.9. The number of aliphatic hydroxyl groups excluding tert-OH is 5. The molecular weight excluding hydrogens is 848 g/mol. The minimum atomic E-state index is -1.86. The van der Waals surface area contributed by atoms with Crippen molar-refractivity contribution in [3.63, 3.8) is 0 Å². The zero-order chi connectivity index (χ0) is 46.2. The third-order valence-electron chi connectivity index (χ3n) is 13.0. The lowest BCUT2D eigenvalue weighted by Crippen LogP contribution is -2.68. The molecule has 23 heteroatoms. The number of rotatable bonds is 15. The van der Waals surface area contributed by atoms with Crippen molar-refractivity contribution in [1.29, 1.82) is 0 Å². The number of likely N-dealkylation sites (tertiary alicyclic amines) is 1. The zero-order valence-corrected chi connectivity index (χ0v) is 36.1. The van der Waals surface area contributed by atoms with Gasteiger partial charge in [-0.1, -0.05) is 32.1 Å². The Morgan fingerprint density at radius 2 is 1.58 bits per heavy atom. The quantitative estimate of drug-likeness (QED) is 0.0767. The van der Waals surface area contributed by atoms with E-state index in [2.05, 4.69) is 15.6 Å². The second-order valence-electron chi connectivity index (χ2n) is 17.5. The Morgan fingerprint density at radius 3 is 2.23 bits per heavy atom. The van der Waals surface area contributed by atoms with Crippen LogP contribution in [-0.4, -0.2) is 183 Å². The van der Waals surface area contributed by atoms with E-state index in [1.165, 1.54) is 6.92 Å². The van der Waals surface area contributed by atoms with Crippen molar-refractivity contribution in [2.75, 3.05) is 33.4 Å². The van der Waals surface area contributed by atoms with E-state index in [0.717, 1.165) is 64.5 Å². The number of H-pyrrole nitrogens is 2. The lowest BCUT2D eigenvalue weighted by Gasteiger charge is -2.49. The second-order valence-corrected chi connectivity index (χ2v) is 17.5. The van der Waals surface area contributed by atoms with Crippen LogP contribution in [0.4, 0.5) is 0 Å². The number of nitrogens with one attached hydrogen (secondary N) is 4. The summed E-state index contributed by atoms with van der Waals surface area (Å²) in [5.74, 6) is -3.69. The van der Waals surface area contributed by atoms with E-state index >= 15 is 0 Å². The molecule has 0 spiro atoms. The van der Waals surface area contributed by atoms with Crippen LogP contribution in [-0.2, 0) is 42.8 Å². The number of carbonyl (C=O) groups excluding carboxylic acids is 4. The topological polar surface area (TPSA) is 344 Å². The minimum absolute atomic E-state index is 0.136. The van der Waals surface area contributed by atoms with Crippen molar-refractivity contribution in [2.24, 2.45) is 17.6 Å². The molecule has 0 radical (unpaired) electrons. The van der Waals surface area contributed by atoms with E-state index in [4.69, 9.17) is 34.2 Å². The van der Waals surface area contributed by atoms with Crippen LogP contribution in [0, 0.1) is 11.8 Å². The molecule has 3 saturated heterocycles. The highest BCUT2D eigenvalue weighted by Gasteiger charge is 2.54. The van der Waals surface area contributed by atoms with E-state index in [-0.39, 0.29) is 24.7 Å². The lowest BCUT2D eigenvalue weighted by molar-refractivity contribution is -0.335. The number of amides is 3. The number of ether oxygens (including phenoxy) is 6. The minimum Gasteiger partial charge on any atom is -0.469 e. The van der Waals surface area contributed by atoms with Gasteiger partial charge in [0.2, 0.25) is 5.91 Å². The summed E-state index contributed by atoms with van der Waals surface area (Å²) < 4.78 is 36.6. The summed E-state index contributed by atoms with van der Waals surface area (Å²) in [6.07, 6.45) is -10.9. The highest BCUT2D eigenvalue weighted by atomic mass is 16.7. The number of carbonyl (C=O) groups is 4.